The van der Waals surface area contributed by atoms with Gasteiger partial charge in [0.1, 0.15) is 11.4 Å². The van der Waals surface area contributed by atoms with E-state index in [1.807, 2.05) is 24.3 Å². The van der Waals surface area contributed by atoms with Crippen molar-refractivity contribution in [3.63, 3.8) is 0 Å². The Balaban J connectivity index is 2.06. The predicted molar refractivity (Wildman–Crippen MR) is 81.6 cm³/mol. The molecule has 0 fully saturated rings. The van der Waals surface area contributed by atoms with E-state index >= 15 is 0 Å². The summed E-state index contributed by atoms with van der Waals surface area (Å²) in [6, 6.07) is 15.0. The van der Waals surface area contributed by atoms with Crippen molar-refractivity contribution in [2.24, 2.45) is 0 Å². The maximum Gasteiger partial charge on any atom is 0.123 e. The highest BCUT2D eigenvalue weighted by Gasteiger charge is 2.41. The van der Waals surface area contributed by atoms with Crippen molar-refractivity contribution in [3.8, 4) is 0 Å². The van der Waals surface area contributed by atoms with E-state index < -0.39 is 5.60 Å². The van der Waals surface area contributed by atoms with Crippen LogP contribution in [0.15, 0.2) is 48.5 Å². The fourth-order valence-corrected chi connectivity index (χ4v) is 3.01. The van der Waals surface area contributed by atoms with E-state index in [4.69, 9.17) is 4.74 Å². The molecule has 0 bridgehead atoms. The summed E-state index contributed by atoms with van der Waals surface area (Å²) in [5, 5.41) is 0. The summed E-state index contributed by atoms with van der Waals surface area (Å²) in [7, 11) is 4.11. The molecule has 1 heterocycles. The summed E-state index contributed by atoms with van der Waals surface area (Å²) in [5.74, 6) is -0.215. The normalized spacial score (nSPS) is 20.8. The quantitative estimate of drug-likeness (QED) is 0.852. The van der Waals surface area contributed by atoms with Gasteiger partial charge in [-0.25, -0.2) is 4.39 Å². The van der Waals surface area contributed by atoms with E-state index in [2.05, 4.69) is 31.1 Å². The van der Waals surface area contributed by atoms with Gasteiger partial charge in [-0.1, -0.05) is 36.4 Å². The SMILES string of the molecule is CN(C)CCC1(c2ccc(F)cc2)OCc2ccccc21. The van der Waals surface area contributed by atoms with Crippen molar-refractivity contribution >= 4 is 0 Å². The topological polar surface area (TPSA) is 12.5 Å². The first kappa shape index (κ1) is 14.2. The monoisotopic (exact) mass is 285 g/mol. The van der Waals surface area contributed by atoms with Gasteiger partial charge in [0, 0.05) is 6.54 Å². The van der Waals surface area contributed by atoms with Crippen molar-refractivity contribution in [2.75, 3.05) is 20.6 Å². The average molecular weight is 285 g/mol. The Morgan fingerprint density at radius 3 is 2.52 bits per heavy atom. The first-order chi connectivity index (χ1) is 10.1. The molecule has 1 aliphatic heterocycles. The zero-order chi connectivity index (χ0) is 14.9. The molecule has 0 aliphatic carbocycles. The number of halogens is 1. The van der Waals surface area contributed by atoms with E-state index in [-0.39, 0.29) is 5.82 Å². The molecule has 3 rings (SSSR count). The minimum Gasteiger partial charge on any atom is -0.361 e. The first-order valence-corrected chi connectivity index (χ1v) is 7.25. The zero-order valence-corrected chi connectivity index (χ0v) is 12.5. The molecule has 0 spiro atoms. The van der Waals surface area contributed by atoms with Crippen LogP contribution < -0.4 is 0 Å². The van der Waals surface area contributed by atoms with Crippen molar-refractivity contribution in [3.05, 3.63) is 71.0 Å². The van der Waals surface area contributed by atoms with Crippen LogP contribution in [0.4, 0.5) is 4.39 Å². The number of ether oxygens (including phenoxy) is 1. The van der Waals surface area contributed by atoms with Crippen LogP contribution in [0, 0.1) is 5.82 Å². The van der Waals surface area contributed by atoms with Gasteiger partial charge < -0.3 is 9.64 Å². The molecule has 2 aromatic rings. The van der Waals surface area contributed by atoms with Crippen molar-refractivity contribution in [2.45, 2.75) is 18.6 Å². The second-order valence-corrected chi connectivity index (χ2v) is 5.83. The second-order valence-electron chi connectivity index (χ2n) is 5.83. The molecule has 1 atom stereocenters. The predicted octanol–water partition coefficient (Wildman–Crippen LogP) is 3.55. The molecular formula is C18H20FNO. The van der Waals surface area contributed by atoms with Crippen LogP contribution >= 0.6 is 0 Å². The zero-order valence-electron chi connectivity index (χ0n) is 12.5. The molecule has 0 amide bonds. The summed E-state index contributed by atoms with van der Waals surface area (Å²) in [6.07, 6.45) is 0.850. The highest BCUT2D eigenvalue weighted by Crippen LogP contribution is 2.44. The minimum atomic E-state index is -0.464. The maximum atomic E-state index is 13.3. The number of rotatable bonds is 4. The lowest BCUT2D eigenvalue weighted by Gasteiger charge is -2.31. The lowest BCUT2D eigenvalue weighted by atomic mass is 9.83. The summed E-state index contributed by atoms with van der Waals surface area (Å²) in [6.45, 7) is 1.52. The largest absolute Gasteiger partial charge is 0.361 e. The van der Waals surface area contributed by atoms with Gasteiger partial charge in [-0.05, 0) is 49.3 Å². The maximum absolute atomic E-state index is 13.3. The molecule has 0 N–H and O–H groups in total. The van der Waals surface area contributed by atoms with Gasteiger partial charge in [-0.2, -0.15) is 0 Å². The second kappa shape index (κ2) is 5.58. The van der Waals surface area contributed by atoms with Crippen LogP contribution in [0.1, 0.15) is 23.1 Å². The highest BCUT2D eigenvalue weighted by atomic mass is 19.1. The van der Waals surface area contributed by atoms with Gasteiger partial charge >= 0.3 is 0 Å². The summed E-state index contributed by atoms with van der Waals surface area (Å²) >= 11 is 0. The van der Waals surface area contributed by atoms with Gasteiger partial charge in [-0.3, -0.25) is 0 Å². The highest BCUT2D eigenvalue weighted by molar-refractivity contribution is 5.44. The number of nitrogens with zero attached hydrogens (tertiary/aromatic N) is 1. The Labute approximate surface area is 125 Å². The average Bonchev–Trinajstić information content (AvgIpc) is 2.86. The van der Waals surface area contributed by atoms with Crippen molar-refractivity contribution in [1.82, 2.24) is 4.90 Å². The Bertz CT molecular complexity index is 623. The Morgan fingerprint density at radius 2 is 1.81 bits per heavy atom. The lowest BCUT2D eigenvalue weighted by Crippen LogP contribution is -2.31. The standard InChI is InChI=1S/C18H20FNO/c1-20(2)12-11-18(15-7-9-16(19)10-8-15)17-6-4-3-5-14(17)13-21-18/h3-10H,11-13H2,1-2H3. The molecule has 1 unspecified atom stereocenters. The van der Waals surface area contributed by atoms with Gasteiger partial charge in [-0.15, -0.1) is 0 Å². The molecule has 2 aromatic carbocycles. The van der Waals surface area contributed by atoms with Gasteiger partial charge in [0.15, 0.2) is 0 Å². The number of hydrogen-bond donors (Lipinski definition) is 0. The van der Waals surface area contributed by atoms with Crippen molar-refractivity contribution in [1.29, 1.82) is 0 Å². The summed E-state index contributed by atoms with van der Waals surface area (Å²) in [5.41, 5.74) is 2.99. The fourth-order valence-electron chi connectivity index (χ4n) is 3.01. The minimum absolute atomic E-state index is 0.215. The van der Waals surface area contributed by atoms with Crippen LogP contribution in [-0.2, 0) is 16.9 Å². The van der Waals surface area contributed by atoms with E-state index in [0.717, 1.165) is 18.5 Å². The Morgan fingerprint density at radius 1 is 1.10 bits per heavy atom. The molecular weight excluding hydrogens is 265 g/mol. The van der Waals surface area contributed by atoms with Crippen LogP contribution in [0.3, 0.4) is 0 Å². The Hall–Kier alpha value is -1.71. The molecule has 0 saturated carbocycles. The van der Waals surface area contributed by atoms with Gasteiger partial charge in [0.2, 0.25) is 0 Å². The molecule has 110 valence electrons. The summed E-state index contributed by atoms with van der Waals surface area (Å²) < 4.78 is 19.5. The first-order valence-electron chi connectivity index (χ1n) is 7.25. The molecule has 21 heavy (non-hydrogen) atoms. The van der Waals surface area contributed by atoms with E-state index in [9.17, 15) is 4.39 Å². The lowest BCUT2D eigenvalue weighted by molar-refractivity contribution is -0.0156. The smallest absolute Gasteiger partial charge is 0.123 e. The molecule has 3 heteroatoms. The van der Waals surface area contributed by atoms with Crippen LogP contribution in [0.2, 0.25) is 0 Å². The summed E-state index contributed by atoms with van der Waals surface area (Å²) in [4.78, 5) is 2.15. The Kier molecular flexibility index (Phi) is 3.79. The van der Waals surface area contributed by atoms with E-state index in [1.165, 1.54) is 23.3 Å². The van der Waals surface area contributed by atoms with Crippen LogP contribution in [0.5, 0.6) is 0 Å². The van der Waals surface area contributed by atoms with E-state index in [0.29, 0.717) is 6.61 Å². The van der Waals surface area contributed by atoms with Crippen molar-refractivity contribution < 1.29 is 9.13 Å². The molecule has 0 saturated heterocycles. The third-order valence-corrected chi connectivity index (χ3v) is 4.15. The number of hydrogen-bond acceptors (Lipinski definition) is 2. The third-order valence-electron chi connectivity index (χ3n) is 4.15. The molecule has 1 aliphatic rings. The molecule has 0 aromatic heterocycles. The van der Waals surface area contributed by atoms with E-state index in [1.54, 1.807) is 0 Å². The van der Waals surface area contributed by atoms with Gasteiger partial charge in [0.25, 0.3) is 0 Å². The van der Waals surface area contributed by atoms with Gasteiger partial charge in [0.05, 0.1) is 6.61 Å². The third kappa shape index (κ3) is 2.59. The molecule has 2 nitrogen and oxygen atoms in total. The fraction of sp³-hybridized carbons (Fsp3) is 0.333. The number of fused-ring (bicyclic) bond motifs is 1. The molecule has 0 radical (unpaired) electrons. The van der Waals surface area contributed by atoms with Crippen LogP contribution in [0.25, 0.3) is 0 Å². The van der Waals surface area contributed by atoms with Crippen LogP contribution in [-0.4, -0.2) is 25.5 Å². The number of benzene rings is 2.